The molecule has 0 saturated carbocycles. The van der Waals surface area contributed by atoms with Gasteiger partial charge in [-0.25, -0.2) is 0 Å². The van der Waals surface area contributed by atoms with Crippen LogP contribution in [-0.2, 0) is 9.59 Å². The third-order valence-corrected chi connectivity index (χ3v) is 5.19. The molecule has 3 rings (SSSR count). The fraction of sp³-hybridized carbons (Fsp3) is 0.238. The SMILES string of the molecule is CC(C)N(CC(N)=O)C(=O)CSc1nnc(-c2ccccc2)n1-c1ccccc1. The Morgan fingerprint density at radius 2 is 1.66 bits per heavy atom. The maximum atomic E-state index is 12.7. The summed E-state index contributed by atoms with van der Waals surface area (Å²) < 4.78 is 1.93. The molecule has 0 saturated heterocycles. The lowest BCUT2D eigenvalue weighted by Gasteiger charge is -2.25. The molecule has 0 bridgehead atoms. The number of hydrogen-bond acceptors (Lipinski definition) is 5. The summed E-state index contributed by atoms with van der Waals surface area (Å²) in [5.74, 6) is 0.124. The van der Waals surface area contributed by atoms with Crippen LogP contribution in [0.4, 0.5) is 0 Å². The van der Waals surface area contributed by atoms with Crippen molar-refractivity contribution in [2.75, 3.05) is 12.3 Å². The van der Waals surface area contributed by atoms with Crippen LogP contribution in [-0.4, -0.2) is 49.8 Å². The molecule has 0 aliphatic heterocycles. The van der Waals surface area contributed by atoms with Gasteiger partial charge in [-0.3, -0.25) is 14.2 Å². The van der Waals surface area contributed by atoms with E-state index in [-0.39, 0.29) is 24.2 Å². The molecule has 150 valence electrons. The van der Waals surface area contributed by atoms with Crippen molar-refractivity contribution in [2.45, 2.75) is 25.0 Å². The van der Waals surface area contributed by atoms with Gasteiger partial charge in [0.1, 0.15) is 0 Å². The van der Waals surface area contributed by atoms with Crippen LogP contribution in [0.15, 0.2) is 65.8 Å². The van der Waals surface area contributed by atoms with Crippen LogP contribution in [0.25, 0.3) is 17.1 Å². The number of thioether (sulfide) groups is 1. The molecule has 0 spiro atoms. The number of para-hydroxylation sites is 1. The topological polar surface area (TPSA) is 94.1 Å². The van der Waals surface area contributed by atoms with Crippen molar-refractivity contribution in [1.29, 1.82) is 0 Å². The minimum atomic E-state index is -0.532. The lowest BCUT2D eigenvalue weighted by molar-refractivity contribution is -0.134. The molecule has 0 aliphatic carbocycles. The number of amides is 2. The van der Waals surface area contributed by atoms with Crippen LogP contribution in [0.2, 0.25) is 0 Å². The highest BCUT2D eigenvalue weighted by molar-refractivity contribution is 7.99. The number of aromatic nitrogens is 3. The van der Waals surface area contributed by atoms with Gasteiger partial charge >= 0.3 is 0 Å². The van der Waals surface area contributed by atoms with E-state index in [2.05, 4.69) is 10.2 Å². The Hall–Kier alpha value is -3.13. The van der Waals surface area contributed by atoms with Crippen LogP contribution in [0.1, 0.15) is 13.8 Å². The molecule has 0 radical (unpaired) electrons. The fourth-order valence-electron chi connectivity index (χ4n) is 2.88. The number of nitrogens with zero attached hydrogens (tertiary/aromatic N) is 4. The van der Waals surface area contributed by atoms with Crippen LogP contribution in [0.5, 0.6) is 0 Å². The quantitative estimate of drug-likeness (QED) is 0.577. The molecule has 3 aromatic rings. The molecule has 1 heterocycles. The van der Waals surface area contributed by atoms with Gasteiger partial charge in [-0.2, -0.15) is 0 Å². The number of rotatable bonds is 8. The summed E-state index contributed by atoms with van der Waals surface area (Å²) >= 11 is 1.28. The Labute approximate surface area is 173 Å². The highest BCUT2D eigenvalue weighted by Gasteiger charge is 2.22. The second-order valence-electron chi connectivity index (χ2n) is 6.71. The van der Waals surface area contributed by atoms with Gasteiger partial charge < -0.3 is 10.6 Å². The average molecular weight is 410 g/mol. The largest absolute Gasteiger partial charge is 0.368 e. The number of carbonyl (C=O) groups is 2. The first-order chi connectivity index (χ1) is 14.0. The Balaban J connectivity index is 1.89. The molecule has 2 aromatic carbocycles. The van der Waals surface area contributed by atoms with Gasteiger partial charge in [-0.1, -0.05) is 60.3 Å². The average Bonchev–Trinajstić information content (AvgIpc) is 3.15. The van der Waals surface area contributed by atoms with E-state index in [9.17, 15) is 9.59 Å². The molecule has 7 nitrogen and oxygen atoms in total. The molecule has 0 aliphatic rings. The number of hydrogen-bond donors (Lipinski definition) is 1. The Morgan fingerprint density at radius 3 is 2.24 bits per heavy atom. The predicted octanol–water partition coefficient (Wildman–Crippen LogP) is 2.75. The van der Waals surface area contributed by atoms with Crippen molar-refractivity contribution in [3.8, 4) is 17.1 Å². The molecule has 0 atom stereocenters. The molecule has 2 amide bonds. The van der Waals surface area contributed by atoms with E-state index >= 15 is 0 Å². The van der Waals surface area contributed by atoms with Gasteiger partial charge in [0.05, 0.1) is 12.3 Å². The summed E-state index contributed by atoms with van der Waals surface area (Å²) in [4.78, 5) is 25.4. The summed E-state index contributed by atoms with van der Waals surface area (Å²) in [5.41, 5.74) is 7.11. The van der Waals surface area contributed by atoms with Crippen molar-refractivity contribution in [1.82, 2.24) is 19.7 Å². The molecule has 0 fully saturated rings. The minimum absolute atomic E-state index is 0.0995. The fourth-order valence-corrected chi connectivity index (χ4v) is 3.72. The van der Waals surface area contributed by atoms with Crippen LogP contribution >= 0.6 is 11.8 Å². The predicted molar refractivity (Wildman–Crippen MR) is 114 cm³/mol. The zero-order valence-corrected chi connectivity index (χ0v) is 17.2. The number of primary amides is 1. The highest BCUT2D eigenvalue weighted by Crippen LogP contribution is 2.28. The van der Waals surface area contributed by atoms with Gasteiger partial charge in [0.2, 0.25) is 11.8 Å². The second-order valence-corrected chi connectivity index (χ2v) is 7.66. The molecule has 0 unspecified atom stereocenters. The summed E-state index contributed by atoms with van der Waals surface area (Å²) in [6.45, 7) is 3.61. The summed E-state index contributed by atoms with van der Waals surface area (Å²) in [7, 11) is 0. The Bertz CT molecular complexity index is 973. The van der Waals surface area contributed by atoms with E-state index in [0.29, 0.717) is 11.0 Å². The lowest BCUT2D eigenvalue weighted by Crippen LogP contribution is -2.43. The van der Waals surface area contributed by atoms with Crippen LogP contribution < -0.4 is 5.73 Å². The zero-order chi connectivity index (χ0) is 20.8. The number of carbonyl (C=O) groups excluding carboxylic acids is 2. The van der Waals surface area contributed by atoms with Gasteiger partial charge in [0, 0.05) is 17.3 Å². The highest BCUT2D eigenvalue weighted by atomic mass is 32.2. The van der Waals surface area contributed by atoms with E-state index in [1.807, 2.05) is 79.1 Å². The number of nitrogens with two attached hydrogens (primary N) is 1. The van der Waals surface area contributed by atoms with Crippen molar-refractivity contribution in [3.05, 3.63) is 60.7 Å². The van der Waals surface area contributed by atoms with E-state index in [1.54, 1.807) is 0 Å². The first-order valence-corrected chi connectivity index (χ1v) is 10.2. The van der Waals surface area contributed by atoms with E-state index in [1.165, 1.54) is 16.7 Å². The summed E-state index contributed by atoms with van der Waals surface area (Å²) in [5, 5.41) is 9.28. The van der Waals surface area contributed by atoms with Crippen molar-refractivity contribution < 1.29 is 9.59 Å². The lowest BCUT2D eigenvalue weighted by atomic mass is 10.2. The van der Waals surface area contributed by atoms with Gasteiger partial charge in [-0.05, 0) is 26.0 Å². The molecular formula is C21H23N5O2S. The van der Waals surface area contributed by atoms with Crippen molar-refractivity contribution >= 4 is 23.6 Å². The van der Waals surface area contributed by atoms with Crippen molar-refractivity contribution in [2.24, 2.45) is 5.73 Å². The normalized spacial score (nSPS) is 10.9. The van der Waals surface area contributed by atoms with Crippen LogP contribution in [0.3, 0.4) is 0 Å². The molecule has 8 heteroatoms. The minimum Gasteiger partial charge on any atom is -0.368 e. The molecule has 29 heavy (non-hydrogen) atoms. The molecule has 1 aromatic heterocycles. The smallest absolute Gasteiger partial charge is 0.237 e. The summed E-state index contributed by atoms with van der Waals surface area (Å²) in [6.07, 6.45) is 0. The molecular weight excluding hydrogens is 386 g/mol. The van der Waals surface area contributed by atoms with E-state index in [0.717, 1.165) is 11.3 Å². The first-order valence-electron chi connectivity index (χ1n) is 9.24. The first kappa shape index (κ1) is 20.6. The third kappa shape index (κ3) is 5.03. The van der Waals surface area contributed by atoms with Gasteiger partial charge in [-0.15, -0.1) is 10.2 Å². The third-order valence-electron chi connectivity index (χ3n) is 4.27. The summed E-state index contributed by atoms with van der Waals surface area (Å²) in [6, 6.07) is 19.4. The Kier molecular flexibility index (Phi) is 6.66. The van der Waals surface area contributed by atoms with Gasteiger partial charge in [0.15, 0.2) is 11.0 Å². The van der Waals surface area contributed by atoms with Gasteiger partial charge in [0.25, 0.3) is 0 Å². The monoisotopic (exact) mass is 409 g/mol. The van der Waals surface area contributed by atoms with Crippen LogP contribution in [0, 0.1) is 0 Å². The van der Waals surface area contributed by atoms with E-state index in [4.69, 9.17) is 5.73 Å². The van der Waals surface area contributed by atoms with E-state index < -0.39 is 5.91 Å². The standard InChI is InChI=1S/C21H23N5O2S/c1-15(2)25(13-18(22)27)19(28)14-29-21-24-23-20(16-9-5-3-6-10-16)26(21)17-11-7-4-8-12-17/h3-12,15H,13-14H2,1-2H3,(H2,22,27). The number of benzene rings is 2. The maximum Gasteiger partial charge on any atom is 0.237 e. The zero-order valence-electron chi connectivity index (χ0n) is 16.4. The Morgan fingerprint density at radius 1 is 1.03 bits per heavy atom. The molecule has 2 N–H and O–H groups in total. The maximum absolute atomic E-state index is 12.7. The van der Waals surface area contributed by atoms with Crippen molar-refractivity contribution in [3.63, 3.8) is 0 Å². The second kappa shape index (κ2) is 9.38.